The zero-order chi connectivity index (χ0) is 23.2. The van der Waals surface area contributed by atoms with E-state index in [4.69, 9.17) is 0 Å². The van der Waals surface area contributed by atoms with Crippen LogP contribution in [-0.2, 0) is 6.18 Å². The third-order valence-electron chi connectivity index (χ3n) is 6.20. The second kappa shape index (κ2) is 8.09. The van der Waals surface area contributed by atoms with Gasteiger partial charge in [0.2, 0.25) is 0 Å². The first-order valence-electron chi connectivity index (χ1n) is 10.6. The summed E-state index contributed by atoms with van der Waals surface area (Å²) in [6.07, 6.45) is 2.95. The van der Waals surface area contributed by atoms with Crippen molar-refractivity contribution in [2.45, 2.75) is 38.0 Å². The molecule has 0 radical (unpaired) electrons. The maximum atomic E-state index is 13.6. The number of carbonyl (C=O) groups is 1. The first kappa shape index (κ1) is 21.3. The predicted molar refractivity (Wildman–Crippen MR) is 114 cm³/mol. The molecular formula is C23H21F3N6O. The first-order chi connectivity index (χ1) is 15.8. The Morgan fingerprint density at radius 2 is 1.88 bits per heavy atom. The lowest BCUT2D eigenvalue weighted by molar-refractivity contribution is -0.137. The molecule has 1 saturated heterocycles. The van der Waals surface area contributed by atoms with Crippen molar-refractivity contribution < 1.29 is 18.0 Å². The molecule has 2 fully saturated rings. The molecule has 1 N–H and O–H groups in total. The highest BCUT2D eigenvalue weighted by Gasteiger charge is 2.47. The molecular weight excluding hydrogens is 433 g/mol. The van der Waals surface area contributed by atoms with Gasteiger partial charge in [-0.2, -0.15) is 13.2 Å². The first-order valence-corrected chi connectivity index (χ1v) is 10.6. The van der Waals surface area contributed by atoms with E-state index in [9.17, 15) is 18.0 Å². The number of piperidine rings is 1. The van der Waals surface area contributed by atoms with Crippen LogP contribution in [-0.4, -0.2) is 49.4 Å². The van der Waals surface area contributed by atoms with Gasteiger partial charge in [0.25, 0.3) is 5.91 Å². The number of hydrogen-bond donors (Lipinski definition) is 1. The number of likely N-dealkylation sites (tertiary alicyclic amines) is 1. The van der Waals surface area contributed by atoms with Crippen molar-refractivity contribution in [3.63, 3.8) is 0 Å². The molecule has 170 valence electrons. The van der Waals surface area contributed by atoms with Gasteiger partial charge in [0.15, 0.2) is 5.82 Å². The fourth-order valence-electron chi connectivity index (χ4n) is 4.74. The van der Waals surface area contributed by atoms with Crippen LogP contribution in [0.5, 0.6) is 0 Å². The molecule has 3 aromatic rings. The van der Waals surface area contributed by atoms with Gasteiger partial charge < -0.3 is 10.2 Å². The standard InChI is InChI=1S/C23H21F3N6O/c1-13-7-16(20(30-10-13)21-27-5-2-6-28-21)22(33)32-12-14-8-17(18(32)9-14)31-19-4-3-15(11-29-19)23(24,25)26/h2-7,10-11,14,17-18H,8-9,12H2,1H3,(H,29,31)/t14-,17?,18?/m0/s1. The Bertz CT molecular complexity index is 1170. The minimum absolute atomic E-state index is 0.0864. The van der Waals surface area contributed by atoms with Crippen LogP contribution < -0.4 is 5.32 Å². The number of hydrogen-bond acceptors (Lipinski definition) is 6. The Balaban J connectivity index is 1.37. The molecule has 10 heteroatoms. The van der Waals surface area contributed by atoms with E-state index in [1.807, 2.05) is 11.8 Å². The highest BCUT2D eigenvalue weighted by atomic mass is 19.4. The van der Waals surface area contributed by atoms with Crippen molar-refractivity contribution in [1.82, 2.24) is 24.8 Å². The van der Waals surface area contributed by atoms with E-state index in [1.54, 1.807) is 30.7 Å². The lowest BCUT2D eigenvalue weighted by Crippen LogP contribution is -2.48. The van der Waals surface area contributed by atoms with E-state index in [-0.39, 0.29) is 18.0 Å². The number of amides is 1. The molecule has 1 aliphatic carbocycles. The van der Waals surface area contributed by atoms with Gasteiger partial charge in [0.05, 0.1) is 17.2 Å². The molecule has 2 unspecified atom stereocenters. The summed E-state index contributed by atoms with van der Waals surface area (Å²) in [4.78, 5) is 32.3. The SMILES string of the molecule is Cc1cnc(-c2ncccn2)c(C(=O)N2C[C@H]3CC(Nc4ccc(C(F)(F)F)cn4)C2C3)c1. The molecule has 3 atom stereocenters. The van der Waals surface area contributed by atoms with E-state index >= 15 is 0 Å². The summed E-state index contributed by atoms with van der Waals surface area (Å²) in [7, 11) is 0. The van der Waals surface area contributed by atoms with E-state index < -0.39 is 11.7 Å². The van der Waals surface area contributed by atoms with Gasteiger partial charge >= 0.3 is 6.18 Å². The zero-order valence-electron chi connectivity index (χ0n) is 17.8. The van der Waals surface area contributed by atoms with Crippen molar-refractivity contribution in [3.8, 4) is 11.5 Å². The van der Waals surface area contributed by atoms with E-state index in [0.717, 1.165) is 30.7 Å². The Labute approximate surface area is 188 Å². The second-order valence-corrected chi connectivity index (χ2v) is 8.52. The van der Waals surface area contributed by atoms with E-state index in [2.05, 4.69) is 25.3 Å². The monoisotopic (exact) mass is 454 g/mol. The van der Waals surface area contributed by atoms with Crippen LogP contribution in [0.2, 0.25) is 0 Å². The molecule has 1 aliphatic heterocycles. The molecule has 0 aromatic carbocycles. The molecule has 3 aromatic heterocycles. The summed E-state index contributed by atoms with van der Waals surface area (Å²) < 4.78 is 38.4. The van der Waals surface area contributed by atoms with Crippen LogP contribution in [0.1, 0.15) is 34.3 Å². The maximum absolute atomic E-state index is 13.6. The van der Waals surface area contributed by atoms with E-state index in [1.165, 1.54) is 6.07 Å². The average molecular weight is 454 g/mol. The van der Waals surface area contributed by atoms with Gasteiger partial charge in [-0.05, 0) is 55.5 Å². The number of aromatic nitrogens is 4. The summed E-state index contributed by atoms with van der Waals surface area (Å²) in [5, 5.41) is 3.23. The highest BCUT2D eigenvalue weighted by molar-refractivity contribution is 5.99. The molecule has 4 heterocycles. The molecule has 33 heavy (non-hydrogen) atoms. The number of alkyl halides is 3. The summed E-state index contributed by atoms with van der Waals surface area (Å²) >= 11 is 0. The number of rotatable bonds is 4. The number of nitrogens with one attached hydrogen (secondary N) is 1. The number of halogens is 3. The fourth-order valence-corrected chi connectivity index (χ4v) is 4.74. The Morgan fingerprint density at radius 3 is 2.55 bits per heavy atom. The van der Waals surface area contributed by atoms with Gasteiger partial charge in [0, 0.05) is 37.4 Å². The molecule has 7 nitrogen and oxygen atoms in total. The Morgan fingerprint density at radius 1 is 1.09 bits per heavy atom. The number of pyridine rings is 2. The predicted octanol–water partition coefficient (Wildman–Crippen LogP) is 3.98. The molecule has 1 saturated carbocycles. The number of aryl methyl sites for hydroxylation is 1. The van der Waals surface area contributed by atoms with Gasteiger partial charge in [-0.1, -0.05) is 0 Å². The van der Waals surface area contributed by atoms with Crippen LogP contribution in [0.3, 0.4) is 0 Å². The van der Waals surface area contributed by atoms with Gasteiger partial charge in [-0.15, -0.1) is 0 Å². The van der Waals surface area contributed by atoms with Crippen LogP contribution >= 0.6 is 0 Å². The quantitative estimate of drug-likeness (QED) is 0.642. The Kier molecular flexibility index (Phi) is 5.22. The minimum atomic E-state index is -4.43. The second-order valence-electron chi connectivity index (χ2n) is 8.52. The van der Waals surface area contributed by atoms with Gasteiger partial charge in [0.1, 0.15) is 11.5 Å². The molecule has 2 aliphatic rings. The number of nitrogens with zero attached hydrogens (tertiary/aromatic N) is 5. The van der Waals surface area contributed by atoms with Crippen LogP contribution in [0.4, 0.5) is 19.0 Å². The molecule has 0 spiro atoms. The smallest absolute Gasteiger partial charge is 0.365 e. The van der Waals surface area contributed by atoms with Gasteiger partial charge in [-0.3, -0.25) is 9.78 Å². The van der Waals surface area contributed by atoms with Crippen molar-refractivity contribution >= 4 is 11.7 Å². The largest absolute Gasteiger partial charge is 0.417 e. The number of anilines is 1. The third kappa shape index (κ3) is 4.12. The lowest BCUT2D eigenvalue weighted by Gasteiger charge is -2.34. The van der Waals surface area contributed by atoms with Crippen molar-refractivity contribution in [3.05, 3.63) is 65.7 Å². The Hall–Kier alpha value is -3.56. The summed E-state index contributed by atoms with van der Waals surface area (Å²) in [6.45, 7) is 2.50. The fraction of sp³-hybridized carbons (Fsp3) is 0.348. The molecule has 5 rings (SSSR count). The van der Waals surface area contributed by atoms with Crippen LogP contribution in [0, 0.1) is 12.8 Å². The van der Waals surface area contributed by atoms with Crippen LogP contribution in [0.15, 0.2) is 49.1 Å². The van der Waals surface area contributed by atoms with Crippen molar-refractivity contribution in [2.75, 3.05) is 11.9 Å². The molecule has 1 amide bonds. The average Bonchev–Trinajstić information content (AvgIpc) is 3.39. The maximum Gasteiger partial charge on any atom is 0.417 e. The van der Waals surface area contributed by atoms with Crippen molar-refractivity contribution in [2.24, 2.45) is 5.92 Å². The minimum Gasteiger partial charge on any atom is -0.365 e. The summed E-state index contributed by atoms with van der Waals surface area (Å²) in [5.74, 6) is 0.922. The number of carbonyl (C=O) groups excluding carboxylic acids is 1. The number of fused-ring (bicyclic) bond motifs is 2. The normalized spacial score (nSPS) is 21.9. The third-order valence-corrected chi connectivity index (χ3v) is 6.20. The highest BCUT2D eigenvalue weighted by Crippen LogP contribution is 2.40. The topological polar surface area (TPSA) is 83.9 Å². The summed E-state index contributed by atoms with van der Waals surface area (Å²) in [5.41, 5.74) is 0.939. The van der Waals surface area contributed by atoms with E-state index in [0.29, 0.717) is 35.4 Å². The van der Waals surface area contributed by atoms with Crippen molar-refractivity contribution in [1.29, 1.82) is 0 Å². The molecule has 2 bridgehead atoms. The summed E-state index contributed by atoms with van der Waals surface area (Å²) in [6, 6.07) is 5.66. The van der Waals surface area contributed by atoms with Crippen LogP contribution in [0.25, 0.3) is 11.5 Å². The lowest BCUT2D eigenvalue weighted by atomic mass is 10.0. The zero-order valence-corrected chi connectivity index (χ0v) is 17.8. The van der Waals surface area contributed by atoms with Gasteiger partial charge in [-0.25, -0.2) is 15.0 Å².